The van der Waals surface area contributed by atoms with E-state index in [0.29, 0.717) is 17.0 Å². The Kier molecular flexibility index (Phi) is 6.03. The van der Waals surface area contributed by atoms with E-state index in [1.807, 2.05) is 25.1 Å². The smallest absolute Gasteiger partial charge is 0.344 e. The second kappa shape index (κ2) is 8.48. The van der Waals surface area contributed by atoms with Crippen LogP contribution in [0, 0.1) is 0 Å². The second-order valence-electron chi connectivity index (χ2n) is 6.56. The molecule has 152 valence electrons. The molecule has 1 aliphatic rings. The van der Waals surface area contributed by atoms with Gasteiger partial charge in [0.05, 0.1) is 24.9 Å². The Labute approximate surface area is 170 Å². The van der Waals surface area contributed by atoms with Crippen molar-refractivity contribution < 1.29 is 17.9 Å². The number of carbonyl (C=O) groups excluding carboxylic acids is 1. The Hall–Kier alpha value is -3.13. The molecule has 0 bridgehead atoms. The Morgan fingerprint density at radius 3 is 2.66 bits per heavy atom. The molecule has 1 heterocycles. The summed E-state index contributed by atoms with van der Waals surface area (Å²) in [5.74, 6) is 0.143. The molecule has 0 radical (unpaired) electrons. The minimum Gasteiger partial charge on any atom is -0.496 e. The summed E-state index contributed by atoms with van der Waals surface area (Å²) >= 11 is 0. The van der Waals surface area contributed by atoms with Gasteiger partial charge in [-0.25, -0.2) is 0 Å². The van der Waals surface area contributed by atoms with E-state index in [0.717, 1.165) is 16.3 Å². The van der Waals surface area contributed by atoms with E-state index in [-0.39, 0.29) is 17.8 Å². The summed E-state index contributed by atoms with van der Waals surface area (Å²) in [5, 5.41) is 2.82. The molecule has 3 rings (SSSR count). The molecule has 29 heavy (non-hydrogen) atoms. The van der Waals surface area contributed by atoms with Crippen molar-refractivity contribution in [1.29, 1.82) is 0 Å². The van der Waals surface area contributed by atoms with E-state index < -0.39 is 16.1 Å². The summed E-state index contributed by atoms with van der Waals surface area (Å²) in [5.41, 5.74) is 2.74. The van der Waals surface area contributed by atoms with Crippen LogP contribution in [-0.2, 0) is 28.0 Å². The van der Waals surface area contributed by atoms with E-state index in [1.165, 1.54) is 20.2 Å². The van der Waals surface area contributed by atoms with Crippen LogP contribution in [0.3, 0.4) is 0 Å². The van der Waals surface area contributed by atoms with Crippen LogP contribution in [0.4, 0.5) is 5.69 Å². The van der Waals surface area contributed by atoms with Crippen LogP contribution >= 0.6 is 0 Å². The first-order chi connectivity index (χ1) is 13.8. The number of ether oxygens (including phenoxy) is 1. The Bertz CT molecular complexity index is 1090. The molecule has 0 saturated heterocycles. The first-order valence-electron chi connectivity index (χ1n) is 9.16. The molecule has 0 aromatic heterocycles. The van der Waals surface area contributed by atoms with Crippen LogP contribution in [0.5, 0.6) is 5.75 Å². The molecule has 0 atom stereocenters. The Morgan fingerprint density at radius 2 is 1.93 bits per heavy atom. The summed E-state index contributed by atoms with van der Waals surface area (Å²) in [4.78, 5) is 12.8. The zero-order chi connectivity index (χ0) is 21.0. The van der Waals surface area contributed by atoms with Crippen molar-refractivity contribution in [3.05, 3.63) is 71.4 Å². The van der Waals surface area contributed by atoms with Gasteiger partial charge < -0.3 is 10.1 Å². The van der Waals surface area contributed by atoms with Gasteiger partial charge in [-0.05, 0) is 37.1 Å². The minimum absolute atomic E-state index is 0.00519. The first kappa shape index (κ1) is 20.6. The lowest BCUT2D eigenvalue weighted by Gasteiger charge is -2.24. The normalized spacial score (nSPS) is 15.3. The molecule has 0 aliphatic carbocycles. The quantitative estimate of drug-likeness (QED) is 0.787. The van der Waals surface area contributed by atoms with Crippen LogP contribution in [0.15, 0.2) is 64.7 Å². The van der Waals surface area contributed by atoms with Crippen molar-refractivity contribution in [2.45, 2.75) is 26.8 Å². The lowest BCUT2D eigenvalue weighted by atomic mass is 10.1. The highest BCUT2D eigenvalue weighted by molar-refractivity contribution is 7.88. The molecular weight excluding hydrogens is 390 g/mol. The number of aryl methyl sites for hydroxylation is 1. The number of nitrogens with zero attached hydrogens (tertiary/aromatic N) is 2. The average Bonchev–Trinajstić information content (AvgIpc) is 2.70. The summed E-state index contributed by atoms with van der Waals surface area (Å²) in [7, 11) is -2.42. The molecule has 1 amide bonds. The third kappa shape index (κ3) is 4.65. The first-order valence-corrected chi connectivity index (χ1v) is 10.6. The number of benzene rings is 2. The number of nitrogens with one attached hydrogen (secondary N) is 1. The number of amides is 1. The number of methoxy groups -OCH3 is 1. The fourth-order valence-corrected chi connectivity index (χ4v) is 4.09. The van der Waals surface area contributed by atoms with E-state index >= 15 is 0 Å². The zero-order valence-electron chi connectivity index (χ0n) is 16.5. The second-order valence-corrected chi connectivity index (χ2v) is 8.11. The van der Waals surface area contributed by atoms with Crippen molar-refractivity contribution in [3.63, 3.8) is 0 Å². The van der Waals surface area contributed by atoms with Gasteiger partial charge in [0, 0.05) is 17.5 Å². The van der Waals surface area contributed by atoms with Gasteiger partial charge in [-0.2, -0.15) is 8.42 Å². The van der Waals surface area contributed by atoms with Crippen molar-refractivity contribution in [2.75, 3.05) is 12.4 Å². The summed E-state index contributed by atoms with van der Waals surface area (Å²) in [6, 6.07) is 14.6. The van der Waals surface area contributed by atoms with Crippen molar-refractivity contribution in [1.82, 2.24) is 4.31 Å². The van der Waals surface area contributed by atoms with Gasteiger partial charge in [-0.15, -0.1) is 4.40 Å². The SMILES string of the molecule is CCc1cccc(NC(=O)C2=CN(Cc3ccccc3OC)S(=O)(=O)N=C2C)c1. The molecule has 0 spiro atoms. The zero-order valence-corrected chi connectivity index (χ0v) is 17.4. The van der Waals surface area contributed by atoms with E-state index in [1.54, 1.807) is 30.3 Å². The predicted octanol–water partition coefficient (Wildman–Crippen LogP) is 3.30. The van der Waals surface area contributed by atoms with Crippen molar-refractivity contribution in [2.24, 2.45) is 4.40 Å². The summed E-state index contributed by atoms with van der Waals surface area (Å²) in [6.45, 7) is 3.54. The number of carbonyl (C=O) groups is 1. The fraction of sp³-hybridized carbons (Fsp3) is 0.238. The van der Waals surface area contributed by atoms with Crippen LogP contribution in [-0.4, -0.2) is 31.5 Å². The number of rotatable bonds is 6. The van der Waals surface area contributed by atoms with Gasteiger partial charge in [0.25, 0.3) is 5.91 Å². The molecule has 0 saturated carbocycles. The van der Waals surface area contributed by atoms with E-state index in [2.05, 4.69) is 9.71 Å². The lowest BCUT2D eigenvalue weighted by Crippen LogP contribution is -2.32. The minimum atomic E-state index is -3.94. The molecule has 8 heteroatoms. The molecule has 2 aromatic rings. The highest BCUT2D eigenvalue weighted by atomic mass is 32.2. The maximum absolute atomic E-state index is 12.8. The number of hydrogen-bond acceptors (Lipinski definition) is 4. The van der Waals surface area contributed by atoms with E-state index in [9.17, 15) is 13.2 Å². The summed E-state index contributed by atoms with van der Waals surface area (Å²) < 4.78 is 35.2. The average molecular weight is 413 g/mol. The van der Waals surface area contributed by atoms with Gasteiger partial charge in [0.2, 0.25) is 0 Å². The molecule has 1 N–H and O–H groups in total. The lowest BCUT2D eigenvalue weighted by molar-refractivity contribution is -0.112. The van der Waals surface area contributed by atoms with Crippen LogP contribution in [0.1, 0.15) is 25.0 Å². The molecular formula is C21H23N3O4S. The van der Waals surface area contributed by atoms with Crippen LogP contribution < -0.4 is 10.1 Å². The van der Waals surface area contributed by atoms with Crippen LogP contribution in [0.2, 0.25) is 0 Å². The highest BCUT2D eigenvalue weighted by Crippen LogP contribution is 2.25. The van der Waals surface area contributed by atoms with Gasteiger partial charge in [0.15, 0.2) is 0 Å². The van der Waals surface area contributed by atoms with Crippen molar-refractivity contribution >= 4 is 27.5 Å². The third-order valence-electron chi connectivity index (χ3n) is 4.57. The molecule has 0 unspecified atom stereocenters. The molecule has 0 fully saturated rings. The highest BCUT2D eigenvalue weighted by Gasteiger charge is 2.28. The number of para-hydroxylation sites is 1. The Morgan fingerprint density at radius 1 is 1.17 bits per heavy atom. The monoisotopic (exact) mass is 413 g/mol. The largest absolute Gasteiger partial charge is 0.496 e. The maximum atomic E-state index is 12.8. The van der Waals surface area contributed by atoms with Gasteiger partial charge in [0.1, 0.15) is 5.75 Å². The van der Waals surface area contributed by atoms with Crippen molar-refractivity contribution in [3.8, 4) is 5.75 Å². The topological polar surface area (TPSA) is 88.1 Å². The summed E-state index contributed by atoms with van der Waals surface area (Å²) in [6.07, 6.45) is 2.17. The fourth-order valence-electron chi connectivity index (χ4n) is 3.00. The molecule has 2 aromatic carbocycles. The van der Waals surface area contributed by atoms with Gasteiger partial charge in [-0.3, -0.25) is 9.10 Å². The number of anilines is 1. The van der Waals surface area contributed by atoms with Crippen LogP contribution in [0.25, 0.3) is 0 Å². The maximum Gasteiger partial charge on any atom is 0.344 e. The third-order valence-corrected chi connectivity index (χ3v) is 5.90. The number of hydrogen-bond donors (Lipinski definition) is 1. The Balaban J connectivity index is 1.89. The molecule has 7 nitrogen and oxygen atoms in total. The van der Waals surface area contributed by atoms with Gasteiger partial charge in [-0.1, -0.05) is 37.3 Å². The molecule has 1 aliphatic heterocycles. The standard InChI is InChI=1S/C21H23N3O4S/c1-4-16-8-7-10-18(12-16)22-21(25)19-14-24(29(26,27)23-15(19)2)13-17-9-5-6-11-20(17)28-3/h5-12,14H,4,13H2,1-3H3,(H,22,25). The predicted molar refractivity (Wildman–Crippen MR) is 113 cm³/mol. The van der Waals surface area contributed by atoms with E-state index in [4.69, 9.17) is 4.74 Å². The van der Waals surface area contributed by atoms with Gasteiger partial charge >= 0.3 is 10.2 Å².